The van der Waals surface area contributed by atoms with Gasteiger partial charge in [0.15, 0.2) is 0 Å². The van der Waals surface area contributed by atoms with E-state index < -0.39 is 0 Å². The van der Waals surface area contributed by atoms with Crippen molar-refractivity contribution in [3.63, 3.8) is 0 Å². The molecule has 0 nitrogen and oxygen atoms in total. The lowest BCUT2D eigenvalue weighted by Gasteiger charge is -2.26. The monoisotopic (exact) mass is 334 g/mol. The number of allylic oxidation sites excluding steroid dienone is 10. The summed E-state index contributed by atoms with van der Waals surface area (Å²) in [6.45, 7) is 0. The Morgan fingerprint density at radius 1 is 1.18 bits per heavy atom. The molecule has 0 saturated heterocycles. The van der Waals surface area contributed by atoms with Crippen LogP contribution in [0.1, 0.15) is 32.1 Å². The lowest BCUT2D eigenvalue weighted by atomic mass is 9.80. The van der Waals surface area contributed by atoms with Gasteiger partial charge < -0.3 is 0 Å². The van der Waals surface area contributed by atoms with Gasteiger partial charge in [0.2, 0.25) is 0 Å². The standard InChI is InChI=1S/C16H15I/c17-11-8-10-4-3-7-14-12-5-1-2-6-13(12)15(9-11)16(10)14/h2,6-8,15H,1,3-5,9H2. The highest BCUT2D eigenvalue weighted by Gasteiger charge is 2.37. The highest BCUT2D eigenvalue weighted by Crippen LogP contribution is 2.53. The first kappa shape index (κ1) is 10.4. The lowest BCUT2D eigenvalue weighted by Crippen LogP contribution is -2.10. The van der Waals surface area contributed by atoms with Crippen LogP contribution in [0, 0.1) is 5.92 Å². The summed E-state index contributed by atoms with van der Waals surface area (Å²) in [6.07, 6.45) is 15.9. The van der Waals surface area contributed by atoms with Gasteiger partial charge in [-0.3, -0.25) is 0 Å². The lowest BCUT2D eigenvalue weighted by molar-refractivity contribution is 0.731. The molecule has 0 amide bonds. The van der Waals surface area contributed by atoms with E-state index in [1.165, 1.54) is 32.1 Å². The zero-order valence-corrected chi connectivity index (χ0v) is 12.0. The molecule has 4 aliphatic carbocycles. The van der Waals surface area contributed by atoms with Crippen LogP contribution in [-0.4, -0.2) is 0 Å². The van der Waals surface area contributed by atoms with Crippen molar-refractivity contribution in [2.24, 2.45) is 5.92 Å². The van der Waals surface area contributed by atoms with Gasteiger partial charge in [0.1, 0.15) is 0 Å². The smallest absolute Gasteiger partial charge is 0.0146 e. The van der Waals surface area contributed by atoms with E-state index in [0.29, 0.717) is 5.92 Å². The second-order valence-corrected chi connectivity index (χ2v) is 6.70. The Labute approximate surface area is 116 Å². The number of hydrogen-bond donors (Lipinski definition) is 0. The van der Waals surface area contributed by atoms with Crippen LogP contribution in [0.4, 0.5) is 0 Å². The van der Waals surface area contributed by atoms with Gasteiger partial charge in [-0.25, -0.2) is 0 Å². The molecule has 4 rings (SSSR count). The Morgan fingerprint density at radius 3 is 3.06 bits per heavy atom. The minimum absolute atomic E-state index is 0.694. The van der Waals surface area contributed by atoms with Crippen LogP contribution < -0.4 is 0 Å². The van der Waals surface area contributed by atoms with Crippen LogP contribution in [0.3, 0.4) is 0 Å². The Morgan fingerprint density at radius 2 is 2.12 bits per heavy atom. The van der Waals surface area contributed by atoms with E-state index >= 15 is 0 Å². The summed E-state index contributed by atoms with van der Waals surface area (Å²) in [5.74, 6) is 0.694. The van der Waals surface area contributed by atoms with Crippen LogP contribution in [-0.2, 0) is 0 Å². The van der Waals surface area contributed by atoms with Gasteiger partial charge >= 0.3 is 0 Å². The van der Waals surface area contributed by atoms with Crippen LogP contribution in [0.5, 0.6) is 0 Å². The largest absolute Gasteiger partial charge is 0.0839 e. The molecule has 4 aliphatic rings. The Balaban J connectivity index is 1.95. The van der Waals surface area contributed by atoms with Crippen molar-refractivity contribution < 1.29 is 0 Å². The molecule has 17 heavy (non-hydrogen) atoms. The fourth-order valence-electron chi connectivity index (χ4n) is 3.75. The van der Waals surface area contributed by atoms with E-state index in [4.69, 9.17) is 0 Å². The summed E-state index contributed by atoms with van der Waals surface area (Å²) in [7, 11) is 0. The molecule has 1 heteroatoms. The van der Waals surface area contributed by atoms with E-state index in [1.807, 2.05) is 0 Å². The van der Waals surface area contributed by atoms with Crippen LogP contribution in [0.15, 0.2) is 55.7 Å². The topological polar surface area (TPSA) is 0 Å². The van der Waals surface area contributed by atoms with Crippen molar-refractivity contribution in [2.75, 3.05) is 0 Å². The molecular formula is C16H15I. The molecule has 0 radical (unpaired) electrons. The molecule has 0 bridgehead atoms. The fraction of sp³-hybridized carbons (Fsp3) is 0.375. The van der Waals surface area contributed by atoms with E-state index in [2.05, 4.69) is 46.9 Å². The summed E-state index contributed by atoms with van der Waals surface area (Å²) in [5, 5.41) is 0. The predicted molar refractivity (Wildman–Crippen MR) is 80.0 cm³/mol. The molecular weight excluding hydrogens is 319 g/mol. The molecule has 1 unspecified atom stereocenters. The van der Waals surface area contributed by atoms with Crippen LogP contribution >= 0.6 is 22.6 Å². The first-order chi connectivity index (χ1) is 8.34. The SMILES string of the molecule is IC1=CC2=C3C(=CCC2)C2=C(C=CCC2)C3C1. The van der Waals surface area contributed by atoms with Crippen molar-refractivity contribution in [3.05, 3.63) is 55.7 Å². The van der Waals surface area contributed by atoms with Crippen molar-refractivity contribution in [2.45, 2.75) is 32.1 Å². The van der Waals surface area contributed by atoms with Gasteiger partial charge in [0, 0.05) is 5.92 Å². The number of fused-ring (bicyclic) bond motifs is 2. The average Bonchev–Trinajstić information content (AvgIpc) is 2.67. The quantitative estimate of drug-likeness (QED) is 0.547. The van der Waals surface area contributed by atoms with Gasteiger partial charge in [-0.2, -0.15) is 0 Å². The molecule has 0 aromatic heterocycles. The summed E-state index contributed by atoms with van der Waals surface area (Å²) >= 11 is 2.53. The Bertz CT molecular complexity index is 552. The average molecular weight is 334 g/mol. The van der Waals surface area contributed by atoms with Crippen LogP contribution in [0.2, 0.25) is 0 Å². The maximum absolute atomic E-state index is 2.53. The molecule has 0 spiro atoms. The van der Waals surface area contributed by atoms with Crippen molar-refractivity contribution in [1.29, 1.82) is 0 Å². The third-order valence-electron chi connectivity index (χ3n) is 4.38. The zero-order valence-electron chi connectivity index (χ0n) is 9.80. The first-order valence-electron chi connectivity index (χ1n) is 6.54. The second kappa shape index (κ2) is 3.71. The number of hydrogen-bond acceptors (Lipinski definition) is 0. The molecule has 1 atom stereocenters. The van der Waals surface area contributed by atoms with Gasteiger partial charge in [-0.05, 0) is 92.2 Å². The minimum Gasteiger partial charge on any atom is -0.0839 e. The van der Waals surface area contributed by atoms with Gasteiger partial charge in [0.05, 0.1) is 0 Å². The third-order valence-corrected chi connectivity index (χ3v) is 5.14. The summed E-state index contributed by atoms with van der Waals surface area (Å²) in [6, 6.07) is 0. The predicted octanol–water partition coefficient (Wildman–Crippen LogP) is 5.00. The van der Waals surface area contributed by atoms with Crippen molar-refractivity contribution in [3.8, 4) is 0 Å². The summed E-state index contributed by atoms with van der Waals surface area (Å²) in [4.78, 5) is 0. The van der Waals surface area contributed by atoms with Gasteiger partial charge in [-0.15, -0.1) is 0 Å². The first-order valence-corrected chi connectivity index (χ1v) is 7.62. The van der Waals surface area contributed by atoms with Gasteiger partial charge in [0.25, 0.3) is 0 Å². The van der Waals surface area contributed by atoms with Gasteiger partial charge in [-0.1, -0.05) is 18.2 Å². The molecule has 0 aromatic rings. The number of halogens is 1. The minimum atomic E-state index is 0.694. The molecule has 0 aromatic carbocycles. The maximum atomic E-state index is 2.53. The molecule has 0 aliphatic heterocycles. The Kier molecular flexibility index (Phi) is 2.26. The van der Waals surface area contributed by atoms with Crippen molar-refractivity contribution >= 4 is 22.6 Å². The third kappa shape index (κ3) is 1.41. The van der Waals surface area contributed by atoms with E-state index in [-0.39, 0.29) is 0 Å². The summed E-state index contributed by atoms with van der Waals surface area (Å²) < 4.78 is 1.54. The van der Waals surface area contributed by atoms with E-state index in [0.717, 1.165) is 0 Å². The van der Waals surface area contributed by atoms with Crippen LogP contribution in [0.25, 0.3) is 0 Å². The second-order valence-electron chi connectivity index (χ2n) is 5.32. The summed E-state index contributed by atoms with van der Waals surface area (Å²) in [5.41, 5.74) is 8.25. The molecule has 0 heterocycles. The highest BCUT2D eigenvalue weighted by atomic mass is 127. The normalized spacial score (nSPS) is 30.1. The molecule has 0 N–H and O–H groups in total. The number of rotatable bonds is 0. The maximum Gasteiger partial charge on any atom is 0.0146 e. The Hall–Kier alpha value is -0.570. The molecule has 0 saturated carbocycles. The fourth-order valence-corrected chi connectivity index (χ4v) is 4.56. The van der Waals surface area contributed by atoms with E-state index in [9.17, 15) is 0 Å². The highest BCUT2D eigenvalue weighted by molar-refractivity contribution is 14.1. The molecule has 0 fully saturated rings. The van der Waals surface area contributed by atoms with E-state index in [1.54, 1.807) is 31.4 Å². The van der Waals surface area contributed by atoms with Crippen molar-refractivity contribution in [1.82, 2.24) is 0 Å². The zero-order chi connectivity index (χ0) is 11.4. The molecule has 86 valence electrons.